The molecule has 1 atom stereocenters. The minimum absolute atomic E-state index is 0.00387. The highest BCUT2D eigenvalue weighted by Crippen LogP contribution is 2.29. The summed E-state index contributed by atoms with van der Waals surface area (Å²) in [4.78, 5) is 2.08. The molecule has 0 bridgehead atoms. The van der Waals surface area contributed by atoms with E-state index in [1.807, 2.05) is 27.1 Å². The van der Waals surface area contributed by atoms with Crippen molar-refractivity contribution < 1.29 is 4.39 Å². The van der Waals surface area contributed by atoms with E-state index in [1.165, 1.54) is 17.7 Å². The first-order valence-corrected chi connectivity index (χ1v) is 7.25. The number of nitrogens with zero attached hydrogens (tertiary/aromatic N) is 1. The van der Waals surface area contributed by atoms with Crippen molar-refractivity contribution in [2.45, 2.75) is 19.9 Å². The number of halogens is 2. The third-order valence-electron chi connectivity index (χ3n) is 3.50. The summed E-state index contributed by atoms with van der Waals surface area (Å²) < 4.78 is 13.1. The Morgan fingerprint density at radius 1 is 1.14 bits per heavy atom. The molecule has 0 aliphatic carbocycles. The first kappa shape index (κ1) is 15.6. The molecule has 1 unspecified atom stereocenters. The molecule has 0 radical (unpaired) electrons. The third-order valence-corrected chi connectivity index (χ3v) is 3.83. The molecule has 0 saturated carbocycles. The Hall–Kier alpha value is -1.74. The molecule has 0 aliphatic rings. The van der Waals surface area contributed by atoms with Crippen molar-refractivity contribution >= 4 is 23.0 Å². The lowest BCUT2D eigenvalue weighted by Crippen LogP contribution is -2.12. The van der Waals surface area contributed by atoms with Crippen LogP contribution < -0.4 is 10.2 Å². The van der Waals surface area contributed by atoms with Gasteiger partial charge in [-0.25, -0.2) is 4.39 Å². The second-order valence-corrected chi connectivity index (χ2v) is 5.83. The van der Waals surface area contributed by atoms with Gasteiger partial charge in [-0.2, -0.15) is 0 Å². The molecule has 0 aliphatic heterocycles. The van der Waals surface area contributed by atoms with E-state index in [0.29, 0.717) is 5.02 Å². The van der Waals surface area contributed by atoms with Gasteiger partial charge in [0.15, 0.2) is 0 Å². The van der Waals surface area contributed by atoms with Gasteiger partial charge in [0, 0.05) is 36.5 Å². The fourth-order valence-electron chi connectivity index (χ4n) is 2.36. The maximum absolute atomic E-state index is 13.1. The Kier molecular flexibility index (Phi) is 4.73. The van der Waals surface area contributed by atoms with Crippen LogP contribution in [0.15, 0.2) is 36.4 Å². The molecule has 0 aromatic heterocycles. The van der Waals surface area contributed by atoms with E-state index in [4.69, 9.17) is 11.6 Å². The van der Waals surface area contributed by atoms with Gasteiger partial charge in [0.1, 0.15) is 5.82 Å². The zero-order valence-electron chi connectivity index (χ0n) is 12.7. The van der Waals surface area contributed by atoms with Crippen molar-refractivity contribution in [1.82, 2.24) is 0 Å². The van der Waals surface area contributed by atoms with Crippen LogP contribution in [0.4, 0.5) is 15.8 Å². The second kappa shape index (κ2) is 6.35. The molecule has 2 aromatic carbocycles. The fourth-order valence-corrected chi connectivity index (χ4v) is 2.69. The molecule has 2 nitrogen and oxygen atoms in total. The summed E-state index contributed by atoms with van der Waals surface area (Å²) in [6, 6.07) is 10.7. The van der Waals surface area contributed by atoms with Gasteiger partial charge in [0.2, 0.25) is 0 Å². The summed E-state index contributed by atoms with van der Waals surface area (Å²) in [6.07, 6.45) is 0. The summed E-state index contributed by atoms with van der Waals surface area (Å²) in [5, 5.41) is 3.85. The number of nitrogens with one attached hydrogen (secondary N) is 1. The SMILES string of the molecule is Cc1ccc(NC(C)c2ccc(F)cc2Cl)cc1N(C)C. The number of anilines is 2. The van der Waals surface area contributed by atoms with Gasteiger partial charge in [-0.3, -0.25) is 0 Å². The molecule has 2 rings (SSSR count). The first-order valence-electron chi connectivity index (χ1n) is 6.88. The Morgan fingerprint density at radius 2 is 1.86 bits per heavy atom. The molecule has 0 amide bonds. The van der Waals surface area contributed by atoms with E-state index in [-0.39, 0.29) is 11.9 Å². The quantitative estimate of drug-likeness (QED) is 0.852. The molecule has 2 aromatic rings. The molecule has 1 N–H and O–H groups in total. The van der Waals surface area contributed by atoms with Crippen LogP contribution in [0, 0.1) is 12.7 Å². The van der Waals surface area contributed by atoms with Crippen LogP contribution in [0.25, 0.3) is 0 Å². The molecule has 4 heteroatoms. The van der Waals surface area contributed by atoms with Crippen LogP contribution >= 0.6 is 11.6 Å². The summed E-state index contributed by atoms with van der Waals surface area (Å²) in [7, 11) is 4.04. The summed E-state index contributed by atoms with van der Waals surface area (Å²) in [5.41, 5.74) is 4.28. The van der Waals surface area contributed by atoms with Gasteiger partial charge >= 0.3 is 0 Å². The topological polar surface area (TPSA) is 15.3 Å². The highest BCUT2D eigenvalue weighted by atomic mass is 35.5. The highest BCUT2D eigenvalue weighted by Gasteiger charge is 2.11. The van der Waals surface area contributed by atoms with E-state index in [0.717, 1.165) is 16.9 Å². The predicted molar refractivity (Wildman–Crippen MR) is 89.0 cm³/mol. The third kappa shape index (κ3) is 3.67. The lowest BCUT2D eigenvalue weighted by atomic mass is 10.1. The molecule has 21 heavy (non-hydrogen) atoms. The van der Waals surface area contributed by atoms with E-state index in [1.54, 1.807) is 6.07 Å². The number of hydrogen-bond acceptors (Lipinski definition) is 2. The van der Waals surface area contributed by atoms with Crippen molar-refractivity contribution in [1.29, 1.82) is 0 Å². The van der Waals surface area contributed by atoms with Crippen LogP contribution in [0.5, 0.6) is 0 Å². The van der Waals surface area contributed by atoms with Gasteiger partial charge < -0.3 is 10.2 Å². The van der Waals surface area contributed by atoms with Crippen LogP contribution in [-0.2, 0) is 0 Å². The van der Waals surface area contributed by atoms with Gasteiger partial charge in [0.25, 0.3) is 0 Å². The second-order valence-electron chi connectivity index (χ2n) is 5.43. The van der Waals surface area contributed by atoms with Crippen molar-refractivity contribution in [2.75, 3.05) is 24.3 Å². The van der Waals surface area contributed by atoms with Crippen molar-refractivity contribution in [3.63, 3.8) is 0 Å². The molecule has 0 fully saturated rings. The van der Waals surface area contributed by atoms with Gasteiger partial charge in [-0.15, -0.1) is 0 Å². The van der Waals surface area contributed by atoms with E-state index in [2.05, 4.69) is 29.3 Å². The zero-order chi connectivity index (χ0) is 15.6. The summed E-state index contributed by atoms with van der Waals surface area (Å²) in [6.45, 7) is 4.09. The minimum atomic E-state index is -0.318. The summed E-state index contributed by atoms with van der Waals surface area (Å²) in [5.74, 6) is -0.318. The van der Waals surface area contributed by atoms with Crippen LogP contribution in [0.2, 0.25) is 5.02 Å². The number of benzene rings is 2. The van der Waals surface area contributed by atoms with Crippen LogP contribution in [0.3, 0.4) is 0 Å². The van der Waals surface area contributed by atoms with Gasteiger partial charge in [0.05, 0.1) is 0 Å². The molecule has 0 spiro atoms. The van der Waals surface area contributed by atoms with Crippen LogP contribution in [-0.4, -0.2) is 14.1 Å². The van der Waals surface area contributed by atoms with E-state index >= 15 is 0 Å². The standard InChI is InChI=1S/C17H20ClFN2/c1-11-5-7-14(10-17(11)21(3)4)20-12(2)15-8-6-13(19)9-16(15)18/h5-10,12,20H,1-4H3. The lowest BCUT2D eigenvalue weighted by molar-refractivity contribution is 0.626. The molecular formula is C17H20ClFN2. The molecule has 0 heterocycles. The van der Waals surface area contributed by atoms with E-state index in [9.17, 15) is 4.39 Å². The smallest absolute Gasteiger partial charge is 0.124 e. The average Bonchev–Trinajstić information content (AvgIpc) is 2.40. The van der Waals surface area contributed by atoms with E-state index < -0.39 is 0 Å². The zero-order valence-corrected chi connectivity index (χ0v) is 13.5. The van der Waals surface area contributed by atoms with Crippen molar-refractivity contribution in [3.05, 3.63) is 58.4 Å². The number of aryl methyl sites for hydroxylation is 1. The molecule has 0 saturated heterocycles. The monoisotopic (exact) mass is 306 g/mol. The van der Waals surface area contributed by atoms with Crippen LogP contribution in [0.1, 0.15) is 24.1 Å². The largest absolute Gasteiger partial charge is 0.378 e. The first-order chi connectivity index (χ1) is 9.88. The van der Waals surface area contributed by atoms with Gasteiger partial charge in [-0.05, 0) is 49.2 Å². The van der Waals surface area contributed by atoms with Gasteiger partial charge in [-0.1, -0.05) is 23.7 Å². The normalized spacial score (nSPS) is 12.1. The average molecular weight is 307 g/mol. The molecular weight excluding hydrogens is 287 g/mol. The fraction of sp³-hybridized carbons (Fsp3) is 0.294. The Balaban J connectivity index is 2.23. The minimum Gasteiger partial charge on any atom is -0.378 e. The Bertz CT molecular complexity index is 641. The maximum atomic E-state index is 13.1. The Labute approximate surface area is 130 Å². The predicted octanol–water partition coefficient (Wildman–Crippen LogP) is 5.03. The molecule has 112 valence electrons. The maximum Gasteiger partial charge on any atom is 0.124 e. The highest BCUT2D eigenvalue weighted by molar-refractivity contribution is 6.31. The van der Waals surface area contributed by atoms with Crippen molar-refractivity contribution in [2.24, 2.45) is 0 Å². The number of hydrogen-bond donors (Lipinski definition) is 1. The Morgan fingerprint density at radius 3 is 2.48 bits per heavy atom. The van der Waals surface area contributed by atoms with Crippen molar-refractivity contribution in [3.8, 4) is 0 Å². The lowest BCUT2D eigenvalue weighted by Gasteiger charge is -2.21. The summed E-state index contributed by atoms with van der Waals surface area (Å²) >= 11 is 6.11. The number of rotatable bonds is 4.